The quantitative estimate of drug-likeness (QED) is 0.190. The SMILES string of the molecule is C=CCOC(=O)[C@H]1[C@H]2C(=O)N(CCCCCCO)C(C(=O)N(CC=C)C(C)CCC)C23CC[C@]1(CC)O3. The van der Waals surface area contributed by atoms with Crippen molar-refractivity contribution in [1.29, 1.82) is 0 Å². The first-order valence-electron chi connectivity index (χ1n) is 14.1. The minimum Gasteiger partial charge on any atom is -0.461 e. The van der Waals surface area contributed by atoms with Crippen molar-refractivity contribution < 1.29 is 29.0 Å². The van der Waals surface area contributed by atoms with Crippen LogP contribution in [0.25, 0.3) is 0 Å². The van der Waals surface area contributed by atoms with Crippen LogP contribution in [0, 0.1) is 11.8 Å². The Balaban J connectivity index is 2.02. The molecule has 3 heterocycles. The first-order valence-corrected chi connectivity index (χ1v) is 14.1. The third kappa shape index (κ3) is 5.24. The third-order valence-corrected chi connectivity index (χ3v) is 8.67. The van der Waals surface area contributed by atoms with Crippen molar-refractivity contribution in [3.05, 3.63) is 25.3 Å². The lowest BCUT2D eigenvalue weighted by Crippen LogP contribution is -2.58. The van der Waals surface area contributed by atoms with Gasteiger partial charge in [-0.05, 0) is 45.4 Å². The standard InChI is InChI=1S/C29H46N2O6/c1-6-14-21(5)30(17-7-2)26(34)24-29-16-15-28(9-4,37-29)23(27(35)36-20-8-3)22(29)25(33)31(24)18-12-10-11-13-19-32/h7-8,21-24,32H,2-3,6,9-20H2,1,4-5H3/t21?,22-,23+,24?,28-,29?/m0/s1. The number of hydrogen-bond acceptors (Lipinski definition) is 6. The summed E-state index contributed by atoms with van der Waals surface area (Å²) >= 11 is 0. The van der Waals surface area contributed by atoms with Gasteiger partial charge in [0.1, 0.15) is 24.2 Å². The highest BCUT2D eigenvalue weighted by Crippen LogP contribution is 2.64. The van der Waals surface area contributed by atoms with Crippen molar-refractivity contribution in [3.63, 3.8) is 0 Å². The summed E-state index contributed by atoms with van der Waals surface area (Å²) in [6, 6.07) is -0.799. The number of aliphatic hydroxyl groups is 1. The number of rotatable bonds is 16. The van der Waals surface area contributed by atoms with Gasteiger partial charge in [-0.25, -0.2) is 0 Å². The molecule has 0 radical (unpaired) electrons. The number of aliphatic hydroxyl groups excluding tert-OH is 1. The van der Waals surface area contributed by atoms with Crippen LogP contribution in [0.3, 0.4) is 0 Å². The lowest BCUT2D eigenvalue weighted by Gasteiger charge is -2.39. The Morgan fingerprint density at radius 3 is 2.57 bits per heavy atom. The fraction of sp³-hybridized carbons (Fsp3) is 0.759. The lowest BCUT2D eigenvalue weighted by atomic mass is 9.65. The van der Waals surface area contributed by atoms with Gasteiger partial charge >= 0.3 is 5.97 Å². The summed E-state index contributed by atoms with van der Waals surface area (Å²) in [5, 5.41) is 9.12. The summed E-state index contributed by atoms with van der Waals surface area (Å²) in [7, 11) is 0. The highest BCUT2D eigenvalue weighted by atomic mass is 16.6. The average Bonchev–Trinajstić information content (AvgIpc) is 3.49. The maximum absolute atomic E-state index is 14.4. The number of carbonyl (C=O) groups excluding carboxylic acids is 3. The van der Waals surface area contributed by atoms with Gasteiger partial charge < -0.3 is 24.4 Å². The molecular formula is C29H46N2O6. The van der Waals surface area contributed by atoms with E-state index in [0.29, 0.717) is 38.8 Å². The predicted octanol–water partition coefficient (Wildman–Crippen LogP) is 3.63. The van der Waals surface area contributed by atoms with Gasteiger partial charge in [-0.2, -0.15) is 0 Å². The highest BCUT2D eigenvalue weighted by molar-refractivity contribution is 5.98. The van der Waals surface area contributed by atoms with Crippen molar-refractivity contribution in [3.8, 4) is 0 Å². The van der Waals surface area contributed by atoms with Crippen LogP contribution >= 0.6 is 0 Å². The molecule has 0 aliphatic carbocycles. The molecule has 2 amide bonds. The fourth-order valence-corrected chi connectivity index (χ4v) is 6.93. The second-order valence-corrected chi connectivity index (χ2v) is 10.8. The number of ether oxygens (including phenoxy) is 2. The van der Waals surface area contributed by atoms with Crippen molar-refractivity contribution in [2.75, 3.05) is 26.3 Å². The number of amides is 2. The molecule has 37 heavy (non-hydrogen) atoms. The Kier molecular flexibility index (Phi) is 9.98. The summed E-state index contributed by atoms with van der Waals surface area (Å²) in [6.07, 6.45) is 9.88. The summed E-state index contributed by atoms with van der Waals surface area (Å²) < 4.78 is 12.3. The molecule has 8 nitrogen and oxygen atoms in total. The molecule has 0 aromatic heterocycles. The van der Waals surface area contributed by atoms with E-state index in [9.17, 15) is 14.4 Å². The molecule has 1 N–H and O–H groups in total. The smallest absolute Gasteiger partial charge is 0.313 e. The molecule has 3 aliphatic heterocycles. The summed E-state index contributed by atoms with van der Waals surface area (Å²) in [4.78, 5) is 45.3. The Morgan fingerprint density at radius 2 is 1.95 bits per heavy atom. The van der Waals surface area contributed by atoms with Crippen LogP contribution in [0.2, 0.25) is 0 Å². The molecule has 3 rings (SSSR count). The second kappa shape index (κ2) is 12.6. The Hall–Kier alpha value is -2.19. The van der Waals surface area contributed by atoms with E-state index < -0.39 is 35.0 Å². The summed E-state index contributed by atoms with van der Waals surface area (Å²) in [5.41, 5.74) is -1.85. The molecule has 3 fully saturated rings. The van der Waals surface area contributed by atoms with Crippen molar-refractivity contribution in [1.82, 2.24) is 9.80 Å². The molecule has 8 heteroatoms. The van der Waals surface area contributed by atoms with E-state index in [0.717, 1.165) is 32.1 Å². The minimum atomic E-state index is -1.04. The van der Waals surface area contributed by atoms with Gasteiger partial charge in [0.05, 0.1) is 11.5 Å². The normalized spacial score (nSPS) is 30.8. The van der Waals surface area contributed by atoms with E-state index in [1.807, 2.05) is 18.7 Å². The Morgan fingerprint density at radius 1 is 1.22 bits per heavy atom. The molecule has 0 aromatic carbocycles. The molecule has 208 valence electrons. The molecular weight excluding hydrogens is 472 g/mol. The van der Waals surface area contributed by atoms with E-state index in [-0.39, 0.29) is 31.1 Å². The average molecular weight is 519 g/mol. The number of carbonyl (C=O) groups is 3. The van der Waals surface area contributed by atoms with E-state index >= 15 is 0 Å². The zero-order valence-corrected chi connectivity index (χ0v) is 23.0. The fourth-order valence-electron chi connectivity index (χ4n) is 6.93. The van der Waals surface area contributed by atoms with E-state index in [1.54, 1.807) is 11.0 Å². The molecule has 3 unspecified atom stereocenters. The third-order valence-electron chi connectivity index (χ3n) is 8.67. The second-order valence-electron chi connectivity index (χ2n) is 10.8. The Labute approximate surface area is 222 Å². The van der Waals surface area contributed by atoms with E-state index in [4.69, 9.17) is 14.6 Å². The first kappa shape index (κ1) is 29.4. The maximum Gasteiger partial charge on any atom is 0.313 e. The van der Waals surface area contributed by atoms with Crippen molar-refractivity contribution in [2.45, 2.75) is 102 Å². The van der Waals surface area contributed by atoms with Crippen molar-refractivity contribution in [2.24, 2.45) is 11.8 Å². The van der Waals surface area contributed by atoms with E-state index in [1.165, 1.54) is 6.08 Å². The van der Waals surface area contributed by atoms with Gasteiger partial charge in [-0.1, -0.05) is 51.8 Å². The van der Waals surface area contributed by atoms with Gasteiger partial charge in [0.25, 0.3) is 0 Å². The number of fused-ring (bicyclic) bond motifs is 1. The van der Waals surface area contributed by atoms with Crippen molar-refractivity contribution >= 4 is 17.8 Å². The van der Waals surface area contributed by atoms with Gasteiger partial charge in [0, 0.05) is 25.7 Å². The van der Waals surface area contributed by atoms with Crippen LogP contribution in [0.5, 0.6) is 0 Å². The van der Waals surface area contributed by atoms with Crippen LogP contribution in [0.15, 0.2) is 25.3 Å². The topological polar surface area (TPSA) is 96.4 Å². The monoisotopic (exact) mass is 518 g/mol. The number of likely N-dealkylation sites (tertiary alicyclic amines) is 1. The molecule has 3 saturated heterocycles. The zero-order valence-electron chi connectivity index (χ0n) is 23.0. The molecule has 6 atom stereocenters. The van der Waals surface area contributed by atoms with Crippen LogP contribution in [-0.4, -0.2) is 82.3 Å². The van der Waals surface area contributed by atoms with Crippen LogP contribution in [0.4, 0.5) is 0 Å². The minimum absolute atomic E-state index is 0.0143. The predicted molar refractivity (Wildman–Crippen MR) is 142 cm³/mol. The summed E-state index contributed by atoms with van der Waals surface area (Å²) in [5.74, 6) is -2.23. The number of nitrogens with zero attached hydrogens (tertiary/aromatic N) is 2. The number of esters is 1. The van der Waals surface area contributed by atoms with E-state index in [2.05, 4.69) is 20.1 Å². The van der Waals surface area contributed by atoms with Crippen LogP contribution in [0.1, 0.15) is 78.6 Å². The van der Waals surface area contributed by atoms with Gasteiger partial charge in [0.2, 0.25) is 11.8 Å². The highest BCUT2D eigenvalue weighted by Gasteiger charge is 2.79. The number of hydrogen-bond donors (Lipinski definition) is 1. The Bertz CT molecular complexity index is 861. The lowest BCUT2D eigenvalue weighted by molar-refractivity contribution is -0.161. The molecule has 3 aliphatic rings. The molecule has 0 saturated carbocycles. The van der Waals surface area contributed by atoms with Gasteiger partial charge in [-0.3, -0.25) is 14.4 Å². The van der Waals surface area contributed by atoms with Gasteiger partial charge in [-0.15, -0.1) is 6.58 Å². The zero-order chi connectivity index (χ0) is 27.2. The largest absolute Gasteiger partial charge is 0.461 e. The number of unbranched alkanes of at least 4 members (excludes halogenated alkanes) is 3. The van der Waals surface area contributed by atoms with Crippen LogP contribution in [-0.2, 0) is 23.9 Å². The van der Waals surface area contributed by atoms with Crippen LogP contribution < -0.4 is 0 Å². The molecule has 2 bridgehead atoms. The van der Waals surface area contributed by atoms with Gasteiger partial charge in [0.15, 0.2) is 0 Å². The molecule has 1 spiro atoms. The molecule has 0 aromatic rings. The first-order chi connectivity index (χ1) is 17.8. The maximum atomic E-state index is 14.4. The summed E-state index contributed by atoms with van der Waals surface area (Å²) in [6.45, 7) is 14.6.